The maximum atomic E-state index is 12.2. The van der Waals surface area contributed by atoms with Crippen molar-refractivity contribution >= 4 is 11.8 Å². The molecule has 2 aromatic heterocycles. The maximum absolute atomic E-state index is 12.2. The summed E-state index contributed by atoms with van der Waals surface area (Å²) in [5.74, 6) is 0.0701. The van der Waals surface area contributed by atoms with Crippen molar-refractivity contribution in [2.45, 2.75) is 6.92 Å². The van der Waals surface area contributed by atoms with Gasteiger partial charge in [0, 0.05) is 17.8 Å². The Labute approximate surface area is 121 Å². The van der Waals surface area contributed by atoms with Gasteiger partial charge in [-0.2, -0.15) is 0 Å². The minimum Gasteiger partial charge on any atom is -0.338 e. The normalized spacial score (nSPS) is 10.3. The lowest BCUT2D eigenvalue weighted by Gasteiger charge is -2.03. The van der Waals surface area contributed by atoms with E-state index in [0.717, 1.165) is 5.56 Å². The van der Waals surface area contributed by atoms with E-state index >= 15 is 0 Å². The minimum atomic E-state index is -0.225. The van der Waals surface area contributed by atoms with Crippen LogP contribution in [0.4, 0.5) is 5.88 Å². The van der Waals surface area contributed by atoms with E-state index in [2.05, 4.69) is 15.5 Å². The van der Waals surface area contributed by atoms with Crippen molar-refractivity contribution < 1.29 is 9.32 Å². The molecule has 0 unspecified atom stereocenters. The van der Waals surface area contributed by atoms with E-state index < -0.39 is 0 Å². The molecule has 1 N–H and O–H groups in total. The zero-order chi connectivity index (χ0) is 14.7. The van der Waals surface area contributed by atoms with Crippen molar-refractivity contribution in [3.05, 3.63) is 65.9 Å². The van der Waals surface area contributed by atoms with Crippen molar-refractivity contribution in [2.24, 2.45) is 0 Å². The summed E-state index contributed by atoms with van der Waals surface area (Å²) in [6, 6.07) is 14.5. The van der Waals surface area contributed by atoms with E-state index in [4.69, 9.17) is 4.52 Å². The highest BCUT2D eigenvalue weighted by atomic mass is 16.5. The third kappa shape index (κ3) is 2.81. The number of amides is 1. The Balaban J connectivity index is 1.79. The second kappa shape index (κ2) is 5.58. The van der Waals surface area contributed by atoms with Crippen LogP contribution in [0.15, 0.2) is 59.3 Å². The molecular weight excluding hydrogens is 266 g/mol. The number of pyridine rings is 1. The molecule has 2 heterocycles. The Bertz CT molecular complexity index is 766. The monoisotopic (exact) mass is 279 g/mol. The van der Waals surface area contributed by atoms with Crippen molar-refractivity contribution in [1.29, 1.82) is 0 Å². The summed E-state index contributed by atoms with van der Waals surface area (Å²) in [5.41, 5.74) is 2.78. The van der Waals surface area contributed by atoms with Crippen LogP contribution in [0.3, 0.4) is 0 Å². The molecule has 0 aliphatic heterocycles. The average Bonchev–Trinajstić information content (AvgIpc) is 2.97. The predicted molar refractivity (Wildman–Crippen MR) is 78.9 cm³/mol. The van der Waals surface area contributed by atoms with Crippen LogP contribution in [-0.2, 0) is 0 Å². The minimum absolute atomic E-state index is 0.225. The lowest BCUT2D eigenvalue weighted by atomic mass is 10.1. The number of anilines is 1. The fourth-order valence-electron chi connectivity index (χ4n) is 1.98. The molecule has 0 fully saturated rings. The molecular formula is C16H13N3O2. The highest BCUT2D eigenvalue weighted by Gasteiger charge is 2.12. The van der Waals surface area contributed by atoms with E-state index in [1.54, 1.807) is 18.3 Å². The second-order valence-electron chi connectivity index (χ2n) is 4.56. The van der Waals surface area contributed by atoms with Crippen LogP contribution in [0, 0.1) is 6.92 Å². The fourth-order valence-corrected chi connectivity index (χ4v) is 1.98. The van der Waals surface area contributed by atoms with Gasteiger partial charge in [-0.25, -0.2) is 0 Å². The quantitative estimate of drug-likeness (QED) is 0.798. The van der Waals surface area contributed by atoms with E-state index in [-0.39, 0.29) is 5.91 Å². The van der Waals surface area contributed by atoms with Crippen LogP contribution in [0.1, 0.15) is 15.9 Å². The van der Waals surface area contributed by atoms with Gasteiger partial charge in [0.1, 0.15) is 5.69 Å². The van der Waals surface area contributed by atoms with Crippen molar-refractivity contribution in [2.75, 3.05) is 5.32 Å². The van der Waals surface area contributed by atoms with Crippen LogP contribution in [0.2, 0.25) is 0 Å². The Morgan fingerprint density at radius 1 is 1.10 bits per heavy atom. The molecule has 1 aromatic carbocycles. The molecule has 0 radical (unpaired) electrons. The standard InChI is InChI=1S/C16H13N3O2/c1-11-6-2-3-7-12(11)16(20)18-15-10-14(19-21-15)13-8-4-5-9-17-13/h2-10H,1H3,(H,18,20). The van der Waals surface area contributed by atoms with E-state index in [1.165, 1.54) is 0 Å². The van der Waals surface area contributed by atoms with Gasteiger partial charge >= 0.3 is 0 Å². The Kier molecular flexibility index (Phi) is 3.47. The summed E-state index contributed by atoms with van der Waals surface area (Å²) in [7, 11) is 0. The summed E-state index contributed by atoms with van der Waals surface area (Å²) in [4.78, 5) is 16.3. The molecule has 0 aliphatic rings. The number of aromatic nitrogens is 2. The van der Waals surface area contributed by atoms with Crippen LogP contribution in [0.25, 0.3) is 11.4 Å². The van der Waals surface area contributed by atoms with Gasteiger partial charge in [-0.05, 0) is 30.7 Å². The third-order valence-electron chi connectivity index (χ3n) is 3.06. The topological polar surface area (TPSA) is 68.0 Å². The molecule has 21 heavy (non-hydrogen) atoms. The van der Waals surface area contributed by atoms with Gasteiger partial charge in [0.25, 0.3) is 5.91 Å². The van der Waals surface area contributed by atoms with Crippen molar-refractivity contribution in [3.63, 3.8) is 0 Å². The molecule has 0 atom stereocenters. The Hall–Kier alpha value is -2.95. The average molecular weight is 279 g/mol. The zero-order valence-corrected chi connectivity index (χ0v) is 11.4. The van der Waals surface area contributed by atoms with Crippen LogP contribution >= 0.6 is 0 Å². The van der Waals surface area contributed by atoms with E-state index in [9.17, 15) is 4.79 Å². The number of nitrogens with one attached hydrogen (secondary N) is 1. The van der Waals surface area contributed by atoms with Crippen molar-refractivity contribution in [1.82, 2.24) is 10.1 Å². The fraction of sp³-hybridized carbons (Fsp3) is 0.0625. The number of hydrogen-bond donors (Lipinski definition) is 1. The molecule has 5 nitrogen and oxygen atoms in total. The van der Waals surface area contributed by atoms with Crippen LogP contribution in [-0.4, -0.2) is 16.0 Å². The summed E-state index contributed by atoms with van der Waals surface area (Å²) in [6.45, 7) is 1.88. The molecule has 104 valence electrons. The largest absolute Gasteiger partial charge is 0.338 e. The van der Waals surface area contributed by atoms with Gasteiger partial charge in [-0.3, -0.25) is 15.1 Å². The maximum Gasteiger partial charge on any atom is 0.258 e. The summed E-state index contributed by atoms with van der Waals surface area (Å²) in [5, 5.41) is 6.60. The Morgan fingerprint density at radius 3 is 2.67 bits per heavy atom. The van der Waals surface area contributed by atoms with Gasteiger partial charge in [0.15, 0.2) is 0 Å². The van der Waals surface area contributed by atoms with E-state index in [1.807, 2.05) is 43.3 Å². The second-order valence-corrected chi connectivity index (χ2v) is 4.56. The van der Waals surface area contributed by atoms with Gasteiger partial charge < -0.3 is 4.52 Å². The third-order valence-corrected chi connectivity index (χ3v) is 3.06. The van der Waals surface area contributed by atoms with Gasteiger partial charge in [-0.15, -0.1) is 0 Å². The number of benzene rings is 1. The van der Waals surface area contributed by atoms with Crippen LogP contribution in [0.5, 0.6) is 0 Å². The van der Waals surface area contributed by atoms with Crippen molar-refractivity contribution in [3.8, 4) is 11.4 Å². The number of aryl methyl sites for hydroxylation is 1. The summed E-state index contributed by atoms with van der Waals surface area (Å²) in [6.07, 6.45) is 1.68. The van der Waals surface area contributed by atoms with Gasteiger partial charge in [0.05, 0.1) is 5.69 Å². The number of hydrogen-bond acceptors (Lipinski definition) is 4. The summed E-state index contributed by atoms with van der Waals surface area (Å²) >= 11 is 0. The molecule has 0 bridgehead atoms. The smallest absolute Gasteiger partial charge is 0.258 e. The lowest BCUT2D eigenvalue weighted by Crippen LogP contribution is -2.12. The van der Waals surface area contributed by atoms with Gasteiger partial charge in [0.2, 0.25) is 5.88 Å². The number of carbonyl (C=O) groups excluding carboxylic acids is 1. The number of nitrogens with zero attached hydrogens (tertiary/aromatic N) is 2. The molecule has 0 aliphatic carbocycles. The highest BCUT2D eigenvalue weighted by molar-refractivity contribution is 6.04. The number of carbonyl (C=O) groups is 1. The Morgan fingerprint density at radius 2 is 1.90 bits per heavy atom. The molecule has 3 rings (SSSR count). The first-order chi connectivity index (χ1) is 10.2. The van der Waals surface area contributed by atoms with Crippen LogP contribution < -0.4 is 5.32 Å². The first-order valence-corrected chi connectivity index (χ1v) is 6.49. The first kappa shape index (κ1) is 13.1. The molecule has 0 spiro atoms. The first-order valence-electron chi connectivity index (χ1n) is 6.49. The molecule has 5 heteroatoms. The molecule has 3 aromatic rings. The molecule has 0 saturated carbocycles. The lowest BCUT2D eigenvalue weighted by molar-refractivity contribution is 0.102. The molecule has 0 saturated heterocycles. The predicted octanol–water partition coefficient (Wildman–Crippen LogP) is 3.30. The SMILES string of the molecule is Cc1ccccc1C(=O)Nc1cc(-c2ccccn2)no1. The zero-order valence-electron chi connectivity index (χ0n) is 11.4. The highest BCUT2D eigenvalue weighted by Crippen LogP contribution is 2.20. The van der Waals surface area contributed by atoms with Gasteiger partial charge in [-0.1, -0.05) is 29.4 Å². The van der Waals surface area contributed by atoms with E-state index in [0.29, 0.717) is 22.8 Å². The number of rotatable bonds is 3. The molecule has 1 amide bonds. The summed E-state index contributed by atoms with van der Waals surface area (Å²) < 4.78 is 5.13.